The maximum absolute atomic E-state index is 3.71. The van der Waals surface area contributed by atoms with Crippen LogP contribution in [0, 0.1) is 6.92 Å². The molecule has 0 spiro atoms. The first-order valence-electron chi connectivity index (χ1n) is 6.17. The Kier molecular flexibility index (Phi) is 4.74. The molecule has 1 aliphatic rings. The van der Waals surface area contributed by atoms with Gasteiger partial charge in [0.2, 0.25) is 0 Å². The van der Waals surface area contributed by atoms with Gasteiger partial charge in [-0.3, -0.25) is 0 Å². The predicted molar refractivity (Wildman–Crippen MR) is 75.5 cm³/mol. The van der Waals surface area contributed by atoms with Crippen LogP contribution >= 0.6 is 23.1 Å². The van der Waals surface area contributed by atoms with Crippen LogP contribution in [-0.2, 0) is 6.54 Å². The highest BCUT2D eigenvalue weighted by Gasteiger charge is 2.23. The van der Waals surface area contributed by atoms with Crippen LogP contribution in [0.3, 0.4) is 0 Å². The molecule has 0 radical (unpaired) electrons. The van der Waals surface area contributed by atoms with Gasteiger partial charge in [0.05, 0.1) is 0 Å². The Morgan fingerprint density at radius 2 is 2.38 bits per heavy atom. The van der Waals surface area contributed by atoms with Crippen molar-refractivity contribution in [2.75, 3.05) is 5.75 Å². The highest BCUT2D eigenvalue weighted by atomic mass is 32.2. The molecule has 1 heterocycles. The van der Waals surface area contributed by atoms with E-state index in [0.717, 1.165) is 17.8 Å². The fourth-order valence-corrected chi connectivity index (χ4v) is 4.33. The van der Waals surface area contributed by atoms with E-state index in [1.807, 2.05) is 11.3 Å². The van der Waals surface area contributed by atoms with Crippen molar-refractivity contribution < 1.29 is 0 Å². The maximum atomic E-state index is 3.71. The highest BCUT2D eigenvalue weighted by Crippen LogP contribution is 2.30. The molecule has 1 saturated carbocycles. The van der Waals surface area contributed by atoms with Gasteiger partial charge in [-0.25, -0.2) is 0 Å². The van der Waals surface area contributed by atoms with Crippen molar-refractivity contribution >= 4 is 23.1 Å². The summed E-state index contributed by atoms with van der Waals surface area (Å²) >= 11 is 4.01. The molecule has 3 heteroatoms. The van der Waals surface area contributed by atoms with Crippen molar-refractivity contribution in [2.45, 2.75) is 50.9 Å². The summed E-state index contributed by atoms with van der Waals surface area (Å²) in [5, 5.41) is 6.81. The third-order valence-electron chi connectivity index (χ3n) is 3.31. The van der Waals surface area contributed by atoms with Gasteiger partial charge in [0.1, 0.15) is 0 Å². The Hall–Kier alpha value is 0.0100. The molecular weight excluding hydrogens is 234 g/mol. The maximum Gasteiger partial charge on any atom is 0.0304 e. The van der Waals surface area contributed by atoms with Gasteiger partial charge in [-0.05, 0) is 48.9 Å². The Morgan fingerprint density at radius 3 is 3.06 bits per heavy atom. The average Bonchev–Trinajstić information content (AvgIpc) is 2.86. The van der Waals surface area contributed by atoms with Crippen LogP contribution in [0.25, 0.3) is 0 Å². The van der Waals surface area contributed by atoms with Crippen LogP contribution in [0.15, 0.2) is 11.4 Å². The molecule has 2 atom stereocenters. The highest BCUT2D eigenvalue weighted by molar-refractivity contribution is 7.99. The van der Waals surface area contributed by atoms with E-state index in [0.29, 0.717) is 0 Å². The zero-order valence-corrected chi connectivity index (χ0v) is 11.8. The molecule has 2 unspecified atom stereocenters. The van der Waals surface area contributed by atoms with Crippen LogP contribution in [0.4, 0.5) is 0 Å². The molecule has 90 valence electrons. The summed E-state index contributed by atoms with van der Waals surface area (Å²) in [4.78, 5) is 1.51. The summed E-state index contributed by atoms with van der Waals surface area (Å²) in [5.74, 6) is 1.27. The van der Waals surface area contributed by atoms with E-state index in [2.05, 4.69) is 42.4 Å². The van der Waals surface area contributed by atoms with Crippen LogP contribution in [0.1, 0.15) is 36.6 Å². The number of hydrogen-bond donors (Lipinski definition) is 1. The summed E-state index contributed by atoms with van der Waals surface area (Å²) in [6.45, 7) is 5.54. The topological polar surface area (TPSA) is 12.0 Å². The van der Waals surface area contributed by atoms with Crippen LogP contribution in [0.5, 0.6) is 0 Å². The molecular formula is C13H21NS2. The van der Waals surface area contributed by atoms with Gasteiger partial charge >= 0.3 is 0 Å². The molecule has 0 aliphatic heterocycles. The van der Waals surface area contributed by atoms with Gasteiger partial charge in [-0.2, -0.15) is 11.8 Å². The number of aryl methyl sites for hydroxylation is 1. The van der Waals surface area contributed by atoms with Crippen molar-refractivity contribution in [3.8, 4) is 0 Å². The lowest BCUT2D eigenvalue weighted by Gasteiger charge is -2.12. The van der Waals surface area contributed by atoms with E-state index >= 15 is 0 Å². The number of rotatable bonds is 5. The number of nitrogens with one attached hydrogen (secondary N) is 1. The van der Waals surface area contributed by atoms with E-state index in [4.69, 9.17) is 0 Å². The molecule has 0 amide bonds. The van der Waals surface area contributed by atoms with Crippen molar-refractivity contribution in [3.05, 3.63) is 21.9 Å². The monoisotopic (exact) mass is 255 g/mol. The zero-order chi connectivity index (χ0) is 11.4. The lowest BCUT2D eigenvalue weighted by atomic mass is 10.2. The minimum absolute atomic E-state index is 0.755. The fraction of sp³-hybridized carbons (Fsp3) is 0.692. The van der Waals surface area contributed by atoms with E-state index in [-0.39, 0.29) is 0 Å². The molecule has 0 aromatic carbocycles. The molecule has 1 fully saturated rings. The van der Waals surface area contributed by atoms with Gasteiger partial charge < -0.3 is 5.32 Å². The third kappa shape index (κ3) is 3.25. The Morgan fingerprint density at radius 1 is 1.50 bits per heavy atom. The summed E-state index contributed by atoms with van der Waals surface area (Å²) < 4.78 is 0. The first-order valence-corrected chi connectivity index (χ1v) is 8.10. The third-order valence-corrected chi connectivity index (χ3v) is 5.56. The molecule has 1 aromatic rings. The minimum atomic E-state index is 0.755. The first-order chi connectivity index (χ1) is 7.79. The van der Waals surface area contributed by atoms with E-state index in [9.17, 15) is 0 Å². The fourth-order valence-electron chi connectivity index (χ4n) is 2.33. The molecule has 1 aliphatic carbocycles. The zero-order valence-electron chi connectivity index (χ0n) is 10.2. The first kappa shape index (κ1) is 12.5. The normalized spacial score (nSPS) is 25.1. The second-order valence-corrected chi connectivity index (χ2v) is 7.07. The molecule has 16 heavy (non-hydrogen) atoms. The molecule has 0 bridgehead atoms. The van der Waals surface area contributed by atoms with E-state index in [1.54, 1.807) is 0 Å². The Bertz CT molecular complexity index is 321. The number of thioether (sulfide) groups is 1. The standard InChI is InChI=1S/C13H21NS2/c1-3-15-12-5-4-11(8-12)14-9-13-10(2)6-7-16-13/h6-7,11-12,14H,3-5,8-9H2,1-2H3. The summed E-state index contributed by atoms with van der Waals surface area (Å²) in [7, 11) is 0. The molecule has 0 saturated heterocycles. The van der Waals surface area contributed by atoms with Gasteiger partial charge in [-0.1, -0.05) is 6.92 Å². The van der Waals surface area contributed by atoms with Crippen LogP contribution < -0.4 is 5.32 Å². The quantitative estimate of drug-likeness (QED) is 0.858. The minimum Gasteiger partial charge on any atom is -0.309 e. The van der Waals surface area contributed by atoms with E-state index in [1.165, 1.54) is 35.5 Å². The Labute approximate surface area is 107 Å². The van der Waals surface area contributed by atoms with Gasteiger partial charge in [0, 0.05) is 22.7 Å². The number of thiophene rings is 1. The predicted octanol–water partition coefficient (Wildman–Crippen LogP) is 3.82. The second kappa shape index (κ2) is 6.08. The van der Waals surface area contributed by atoms with Crippen molar-refractivity contribution in [2.24, 2.45) is 0 Å². The summed E-state index contributed by atoms with van der Waals surface area (Å²) in [6.07, 6.45) is 4.13. The molecule has 1 N–H and O–H groups in total. The average molecular weight is 255 g/mol. The van der Waals surface area contributed by atoms with Crippen LogP contribution in [0.2, 0.25) is 0 Å². The largest absolute Gasteiger partial charge is 0.309 e. The molecule has 1 nitrogen and oxygen atoms in total. The lowest BCUT2D eigenvalue weighted by molar-refractivity contribution is 0.527. The van der Waals surface area contributed by atoms with Crippen molar-refractivity contribution in [1.29, 1.82) is 0 Å². The SMILES string of the molecule is CCSC1CCC(NCc2sccc2C)C1. The van der Waals surface area contributed by atoms with Gasteiger partial charge in [0.25, 0.3) is 0 Å². The van der Waals surface area contributed by atoms with Crippen LogP contribution in [-0.4, -0.2) is 17.0 Å². The van der Waals surface area contributed by atoms with E-state index < -0.39 is 0 Å². The summed E-state index contributed by atoms with van der Waals surface area (Å²) in [5.41, 5.74) is 1.44. The second-order valence-electron chi connectivity index (χ2n) is 4.50. The van der Waals surface area contributed by atoms with Gasteiger partial charge in [0.15, 0.2) is 0 Å². The Balaban J connectivity index is 1.74. The number of hydrogen-bond acceptors (Lipinski definition) is 3. The molecule has 2 rings (SSSR count). The van der Waals surface area contributed by atoms with Crippen molar-refractivity contribution in [1.82, 2.24) is 5.32 Å². The smallest absolute Gasteiger partial charge is 0.0304 e. The molecule has 1 aromatic heterocycles. The van der Waals surface area contributed by atoms with Crippen molar-refractivity contribution in [3.63, 3.8) is 0 Å². The lowest BCUT2D eigenvalue weighted by Crippen LogP contribution is -2.26. The van der Waals surface area contributed by atoms with Gasteiger partial charge in [-0.15, -0.1) is 11.3 Å². The summed E-state index contributed by atoms with van der Waals surface area (Å²) in [6, 6.07) is 2.97.